The highest BCUT2D eigenvalue weighted by Gasteiger charge is 2.41. The van der Waals surface area contributed by atoms with Gasteiger partial charge in [0.25, 0.3) is 0 Å². The molecule has 6 nitrogen and oxygen atoms in total. The van der Waals surface area contributed by atoms with Gasteiger partial charge < -0.3 is 14.5 Å². The van der Waals surface area contributed by atoms with Crippen molar-refractivity contribution in [3.63, 3.8) is 0 Å². The number of carbonyl (C=O) groups is 1. The maximum atomic E-state index is 12.2. The Bertz CT molecular complexity index is 615. The molecule has 2 aliphatic rings. The van der Waals surface area contributed by atoms with E-state index >= 15 is 0 Å². The monoisotopic (exact) mass is 328 g/mol. The van der Waals surface area contributed by atoms with Gasteiger partial charge in [-0.3, -0.25) is 4.79 Å². The van der Waals surface area contributed by atoms with Crippen molar-refractivity contribution in [3.05, 3.63) is 23.9 Å². The molecule has 0 radical (unpaired) electrons. The number of hydrogen-bond acceptors (Lipinski definition) is 5. The van der Waals surface area contributed by atoms with E-state index < -0.39 is 0 Å². The van der Waals surface area contributed by atoms with Crippen LogP contribution in [-0.2, 0) is 9.53 Å². The highest BCUT2D eigenvalue weighted by Crippen LogP contribution is 2.41. The van der Waals surface area contributed by atoms with Crippen LogP contribution in [-0.4, -0.2) is 55.7 Å². The summed E-state index contributed by atoms with van der Waals surface area (Å²) in [5.41, 5.74) is 0.861. The zero-order valence-electron chi connectivity index (χ0n) is 14.2. The number of carbonyl (C=O) groups excluding carboxylic acids is 1. The number of nitriles is 1. The molecule has 3 heterocycles. The summed E-state index contributed by atoms with van der Waals surface area (Å²) in [6, 6.07) is 5.84. The Morgan fingerprint density at radius 3 is 2.71 bits per heavy atom. The quantitative estimate of drug-likeness (QED) is 0.843. The third-order valence-electron chi connectivity index (χ3n) is 5.34. The minimum Gasteiger partial charge on any atom is -0.384 e. The average Bonchev–Trinajstić information content (AvgIpc) is 3.04. The van der Waals surface area contributed by atoms with Crippen LogP contribution < -0.4 is 4.90 Å². The second-order valence-corrected chi connectivity index (χ2v) is 6.81. The highest BCUT2D eigenvalue weighted by atomic mass is 16.5. The van der Waals surface area contributed by atoms with Crippen LogP contribution in [0.25, 0.3) is 0 Å². The minimum atomic E-state index is 0.213. The van der Waals surface area contributed by atoms with Crippen molar-refractivity contribution < 1.29 is 9.53 Å². The lowest BCUT2D eigenvalue weighted by Crippen LogP contribution is -2.42. The van der Waals surface area contributed by atoms with E-state index in [-0.39, 0.29) is 11.3 Å². The van der Waals surface area contributed by atoms with E-state index in [1.165, 1.54) is 0 Å². The molecule has 24 heavy (non-hydrogen) atoms. The van der Waals surface area contributed by atoms with Gasteiger partial charge in [-0.25, -0.2) is 4.98 Å². The molecule has 1 aromatic heterocycles. The Morgan fingerprint density at radius 1 is 1.33 bits per heavy atom. The van der Waals surface area contributed by atoms with Gasteiger partial charge in [-0.05, 0) is 36.8 Å². The van der Waals surface area contributed by atoms with Gasteiger partial charge in [-0.1, -0.05) is 0 Å². The molecule has 0 saturated carbocycles. The molecule has 0 aliphatic carbocycles. The molecule has 0 aromatic carbocycles. The Balaban J connectivity index is 1.55. The first kappa shape index (κ1) is 16.7. The molecule has 0 atom stereocenters. The fourth-order valence-corrected chi connectivity index (χ4v) is 3.75. The Hall–Kier alpha value is -2.13. The lowest BCUT2D eigenvalue weighted by atomic mass is 9.78. The summed E-state index contributed by atoms with van der Waals surface area (Å²) in [4.78, 5) is 20.9. The van der Waals surface area contributed by atoms with Crippen molar-refractivity contribution in [3.8, 4) is 6.07 Å². The van der Waals surface area contributed by atoms with E-state index in [9.17, 15) is 4.79 Å². The first-order valence-electron chi connectivity index (χ1n) is 8.54. The lowest BCUT2D eigenvalue weighted by molar-refractivity contribution is -0.131. The number of ether oxygens (including phenoxy) is 1. The normalized spacial score (nSPS) is 19.5. The fourth-order valence-electron chi connectivity index (χ4n) is 3.75. The molecule has 6 heteroatoms. The van der Waals surface area contributed by atoms with Crippen molar-refractivity contribution in [2.45, 2.75) is 25.7 Å². The number of piperidine rings is 1. The van der Waals surface area contributed by atoms with E-state index in [0.29, 0.717) is 18.6 Å². The van der Waals surface area contributed by atoms with Crippen LogP contribution in [0.15, 0.2) is 18.3 Å². The maximum Gasteiger partial charge on any atom is 0.224 e. The highest BCUT2D eigenvalue weighted by molar-refractivity contribution is 5.76. The molecule has 2 fully saturated rings. The SMILES string of the molecule is COCCC(=O)N1CCC2(CCN(c3ccc(C#N)cn3)CC2)C1. The minimum absolute atomic E-state index is 0.213. The van der Waals surface area contributed by atoms with Crippen molar-refractivity contribution in [1.82, 2.24) is 9.88 Å². The predicted octanol–water partition coefficient (Wildman–Crippen LogP) is 1.81. The predicted molar refractivity (Wildman–Crippen MR) is 90.5 cm³/mol. The summed E-state index contributed by atoms with van der Waals surface area (Å²) in [5.74, 6) is 1.15. The molecule has 1 aromatic rings. The van der Waals surface area contributed by atoms with Crippen molar-refractivity contribution >= 4 is 11.7 Å². The van der Waals surface area contributed by atoms with Gasteiger partial charge in [0.15, 0.2) is 0 Å². The van der Waals surface area contributed by atoms with E-state index in [4.69, 9.17) is 10.00 Å². The van der Waals surface area contributed by atoms with Gasteiger partial charge >= 0.3 is 0 Å². The maximum absolute atomic E-state index is 12.2. The van der Waals surface area contributed by atoms with E-state index in [1.807, 2.05) is 17.0 Å². The molecule has 128 valence electrons. The van der Waals surface area contributed by atoms with Gasteiger partial charge in [0.2, 0.25) is 5.91 Å². The smallest absolute Gasteiger partial charge is 0.224 e. The number of amides is 1. The summed E-state index contributed by atoms with van der Waals surface area (Å²) in [6.07, 6.45) is 5.38. The molecule has 1 amide bonds. The molecule has 0 unspecified atom stereocenters. The van der Waals surface area contributed by atoms with E-state index in [1.54, 1.807) is 13.3 Å². The molecule has 0 N–H and O–H groups in total. The second kappa shape index (κ2) is 7.18. The number of methoxy groups -OCH3 is 1. The number of hydrogen-bond donors (Lipinski definition) is 0. The molecule has 2 saturated heterocycles. The van der Waals surface area contributed by atoms with Crippen LogP contribution in [0, 0.1) is 16.7 Å². The van der Waals surface area contributed by atoms with Crippen molar-refractivity contribution in [2.24, 2.45) is 5.41 Å². The van der Waals surface area contributed by atoms with Crippen LogP contribution in [0.2, 0.25) is 0 Å². The van der Waals surface area contributed by atoms with E-state index in [2.05, 4.69) is 16.0 Å². The van der Waals surface area contributed by atoms with Gasteiger partial charge in [-0.15, -0.1) is 0 Å². The number of pyridine rings is 1. The van der Waals surface area contributed by atoms with Crippen molar-refractivity contribution in [1.29, 1.82) is 5.26 Å². The van der Waals surface area contributed by atoms with Crippen LogP contribution in [0.1, 0.15) is 31.2 Å². The molecule has 1 spiro atoms. The Morgan fingerprint density at radius 2 is 2.08 bits per heavy atom. The number of nitrogens with zero attached hydrogens (tertiary/aromatic N) is 4. The number of likely N-dealkylation sites (tertiary alicyclic amines) is 1. The van der Waals surface area contributed by atoms with Gasteiger partial charge in [0.1, 0.15) is 11.9 Å². The summed E-state index contributed by atoms with van der Waals surface area (Å²) < 4.78 is 5.01. The van der Waals surface area contributed by atoms with Gasteiger partial charge in [-0.2, -0.15) is 5.26 Å². The summed E-state index contributed by atoms with van der Waals surface area (Å²) in [7, 11) is 1.63. The Labute approximate surface area is 143 Å². The average molecular weight is 328 g/mol. The largest absolute Gasteiger partial charge is 0.384 e. The van der Waals surface area contributed by atoms with Crippen LogP contribution in [0.3, 0.4) is 0 Å². The van der Waals surface area contributed by atoms with Crippen LogP contribution in [0.5, 0.6) is 0 Å². The number of rotatable bonds is 4. The summed E-state index contributed by atoms with van der Waals surface area (Å²) in [5, 5.41) is 8.86. The molecular formula is C18H24N4O2. The Kier molecular flexibility index (Phi) is 5.00. The summed E-state index contributed by atoms with van der Waals surface area (Å²) >= 11 is 0. The van der Waals surface area contributed by atoms with Gasteiger partial charge in [0, 0.05) is 39.5 Å². The number of anilines is 1. The zero-order chi connectivity index (χ0) is 17.0. The lowest BCUT2D eigenvalue weighted by Gasteiger charge is -2.39. The standard InChI is InChI=1S/C18H24N4O2/c1-24-11-4-17(23)22-10-7-18(14-22)5-8-21(9-6-18)16-3-2-15(12-19)13-20-16/h2-3,13H,4-11,14H2,1H3. The van der Waals surface area contributed by atoms with Crippen LogP contribution >= 0.6 is 0 Å². The van der Waals surface area contributed by atoms with Crippen molar-refractivity contribution in [2.75, 3.05) is 44.8 Å². The van der Waals surface area contributed by atoms with Gasteiger partial charge in [0.05, 0.1) is 18.6 Å². The molecule has 0 bridgehead atoms. The zero-order valence-corrected chi connectivity index (χ0v) is 14.2. The summed E-state index contributed by atoms with van der Waals surface area (Å²) in [6.45, 7) is 4.17. The fraction of sp³-hybridized carbons (Fsp3) is 0.611. The topological polar surface area (TPSA) is 69.5 Å². The third kappa shape index (κ3) is 3.51. The molecule has 3 rings (SSSR count). The van der Waals surface area contributed by atoms with Crippen LogP contribution in [0.4, 0.5) is 5.82 Å². The molecular weight excluding hydrogens is 304 g/mol. The second-order valence-electron chi connectivity index (χ2n) is 6.81. The molecule has 2 aliphatic heterocycles. The first-order valence-corrected chi connectivity index (χ1v) is 8.54. The number of aromatic nitrogens is 1. The first-order chi connectivity index (χ1) is 11.7. The van der Waals surface area contributed by atoms with E-state index in [0.717, 1.165) is 51.3 Å². The third-order valence-corrected chi connectivity index (χ3v) is 5.34.